The van der Waals surface area contributed by atoms with Gasteiger partial charge >= 0.3 is 7.12 Å². The molecule has 0 spiro atoms. The molecule has 128 valence electrons. The summed E-state index contributed by atoms with van der Waals surface area (Å²) >= 11 is 1.70. The standard InChI is InChI=1S/C18H23BO4S/c1-17(2)18(3,4)23-19(22-17)15-11-13(21-12-20-5)8-9-14(15)16-7-6-10-24-16/h6-11H,12H2,1-5H3. The maximum atomic E-state index is 6.24. The fraction of sp³-hybridized carbons (Fsp3) is 0.444. The summed E-state index contributed by atoms with van der Waals surface area (Å²) in [5.74, 6) is 0.738. The molecule has 2 heterocycles. The van der Waals surface area contributed by atoms with Crippen LogP contribution in [-0.4, -0.2) is 32.2 Å². The molecule has 1 aromatic heterocycles. The second-order valence-electron chi connectivity index (χ2n) is 6.87. The van der Waals surface area contributed by atoms with Crippen LogP contribution in [0.25, 0.3) is 10.4 Å². The van der Waals surface area contributed by atoms with Gasteiger partial charge in [-0.1, -0.05) is 12.1 Å². The summed E-state index contributed by atoms with van der Waals surface area (Å²) in [6, 6.07) is 10.1. The summed E-state index contributed by atoms with van der Waals surface area (Å²) in [7, 11) is 1.17. The van der Waals surface area contributed by atoms with Crippen LogP contribution in [0.3, 0.4) is 0 Å². The average molecular weight is 346 g/mol. The van der Waals surface area contributed by atoms with Gasteiger partial charge in [0.2, 0.25) is 0 Å². The van der Waals surface area contributed by atoms with Gasteiger partial charge in [-0.25, -0.2) is 0 Å². The predicted molar refractivity (Wildman–Crippen MR) is 98.0 cm³/mol. The van der Waals surface area contributed by atoms with Gasteiger partial charge < -0.3 is 18.8 Å². The van der Waals surface area contributed by atoms with Gasteiger partial charge in [-0.05, 0) is 62.3 Å². The molecule has 4 nitrogen and oxygen atoms in total. The zero-order valence-electron chi connectivity index (χ0n) is 14.8. The minimum Gasteiger partial charge on any atom is -0.468 e. The normalized spacial score (nSPS) is 18.8. The smallest absolute Gasteiger partial charge is 0.468 e. The van der Waals surface area contributed by atoms with E-state index in [1.165, 1.54) is 4.88 Å². The summed E-state index contributed by atoms with van der Waals surface area (Å²) in [5.41, 5.74) is 1.32. The van der Waals surface area contributed by atoms with Crippen molar-refractivity contribution in [2.45, 2.75) is 38.9 Å². The molecule has 1 saturated heterocycles. The Labute approximate surface area is 147 Å². The molecule has 3 rings (SSSR count). The van der Waals surface area contributed by atoms with Gasteiger partial charge in [0.15, 0.2) is 6.79 Å². The monoisotopic (exact) mass is 346 g/mol. The Hall–Kier alpha value is -1.34. The van der Waals surface area contributed by atoms with Crippen molar-refractivity contribution in [3.63, 3.8) is 0 Å². The summed E-state index contributed by atoms with van der Waals surface area (Å²) in [6.45, 7) is 8.44. The van der Waals surface area contributed by atoms with Gasteiger partial charge in [0, 0.05) is 12.0 Å². The Kier molecular flexibility index (Phi) is 4.75. The van der Waals surface area contributed by atoms with E-state index in [-0.39, 0.29) is 18.0 Å². The number of methoxy groups -OCH3 is 1. The van der Waals surface area contributed by atoms with Crippen LogP contribution in [0.5, 0.6) is 5.75 Å². The molecule has 24 heavy (non-hydrogen) atoms. The summed E-state index contributed by atoms with van der Waals surface area (Å²) in [4.78, 5) is 1.18. The van der Waals surface area contributed by atoms with Gasteiger partial charge in [-0.2, -0.15) is 0 Å². The molecule has 1 aliphatic rings. The second kappa shape index (κ2) is 6.52. The van der Waals surface area contributed by atoms with E-state index in [2.05, 4.69) is 45.2 Å². The zero-order chi connectivity index (χ0) is 17.4. The van der Waals surface area contributed by atoms with Crippen LogP contribution in [0.2, 0.25) is 0 Å². The lowest BCUT2D eigenvalue weighted by atomic mass is 9.75. The molecule has 6 heteroatoms. The molecule has 0 radical (unpaired) electrons. The molecule has 0 saturated carbocycles. The van der Waals surface area contributed by atoms with E-state index in [1.807, 2.05) is 18.2 Å². The lowest BCUT2D eigenvalue weighted by Gasteiger charge is -2.32. The lowest BCUT2D eigenvalue weighted by Crippen LogP contribution is -2.41. The van der Waals surface area contributed by atoms with Crippen molar-refractivity contribution in [1.82, 2.24) is 0 Å². The van der Waals surface area contributed by atoms with Gasteiger partial charge in [-0.3, -0.25) is 0 Å². The van der Waals surface area contributed by atoms with Crippen molar-refractivity contribution >= 4 is 23.9 Å². The first-order valence-electron chi connectivity index (χ1n) is 7.99. The van der Waals surface area contributed by atoms with Crippen molar-refractivity contribution in [2.75, 3.05) is 13.9 Å². The van der Waals surface area contributed by atoms with Crippen LogP contribution in [-0.2, 0) is 14.0 Å². The van der Waals surface area contributed by atoms with Crippen LogP contribution >= 0.6 is 11.3 Å². The molecular formula is C18H23BO4S. The average Bonchev–Trinajstić information content (AvgIpc) is 3.12. The van der Waals surface area contributed by atoms with E-state index in [1.54, 1.807) is 18.4 Å². The summed E-state index contributed by atoms with van der Waals surface area (Å²) in [6.07, 6.45) is 0. The third-order valence-electron chi connectivity index (χ3n) is 4.66. The highest BCUT2D eigenvalue weighted by molar-refractivity contribution is 7.13. The van der Waals surface area contributed by atoms with E-state index < -0.39 is 7.12 Å². The van der Waals surface area contributed by atoms with E-state index in [0.29, 0.717) is 0 Å². The SMILES string of the molecule is COCOc1ccc(-c2cccs2)c(B2OC(C)(C)C(C)(C)O2)c1. The van der Waals surface area contributed by atoms with Crippen molar-refractivity contribution in [2.24, 2.45) is 0 Å². The Morgan fingerprint density at radius 3 is 2.38 bits per heavy atom. The number of hydrogen-bond acceptors (Lipinski definition) is 5. The fourth-order valence-electron chi connectivity index (χ4n) is 2.58. The van der Waals surface area contributed by atoms with Gasteiger partial charge in [0.25, 0.3) is 0 Å². The highest BCUT2D eigenvalue weighted by atomic mass is 32.1. The first-order chi connectivity index (χ1) is 11.3. The van der Waals surface area contributed by atoms with E-state index in [4.69, 9.17) is 18.8 Å². The minimum absolute atomic E-state index is 0.209. The van der Waals surface area contributed by atoms with E-state index in [9.17, 15) is 0 Å². The third-order valence-corrected chi connectivity index (χ3v) is 5.56. The van der Waals surface area contributed by atoms with Crippen LogP contribution in [0.1, 0.15) is 27.7 Å². The third kappa shape index (κ3) is 3.24. The van der Waals surface area contributed by atoms with Crippen molar-refractivity contribution in [1.29, 1.82) is 0 Å². The number of hydrogen-bond donors (Lipinski definition) is 0. The van der Waals surface area contributed by atoms with Crippen LogP contribution in [0.4, 0.5) is 0 Å². The Balaban J connectivity index is 2.00. The molecule has 0 N–H and O–H groups in total. The number of benzene rings is 1. The Morgan fingerprint density at radius 1 is 1.08 bits per heavy atom. The van der Waals surface area contributed by atoms with Gasteiger partial charge in [-0.15, -0.1) is 11.3 Å². The number of ether oxygens (including phenoxy) is 2. The van der Waals surface area contributed by atoms with Gasteiger partial charge in [0.1, 0.15) is 5.75 Å². The van der Waals surface area contributed by atoms with Crippen molar-refractivity contribution in [3.05, 3.63) is 35.7 Å². The highest BCUT2D eigenvalue weighted by Crippen LogP contribution is 2.38. The molecule has 0 amide bonds. The highest BCUT2D eigenvalue weighted by Gasteiger charge is 2.52. The van der Waals surface area contributed by atoms with Crippen molar-refractivity contribution < 1.29 is 18.8 Å². The van der Waals surface area contributed by atoms with Crippen molar-refractivity contribution in [3.8, 4) is 16.2 Å². The Bertz CT molecular complexity index is 681. The molecule has 2 aromatic rings. The van der Waals surface area contributed by atoms with Crippen LogP contribution in [0.15, 0.2) is 35.7 Å². The molecule has 1 aliphatic heterocycles. The van der Waals surface area contributed by atoms with E-state index >= 15 is 0 Å². The summed E-state index contributed by atoms with van der Waals surface area (Å²) in [5, 5.41) is 2.07. The first kappa shape index (κ1) is 17.5. The molecule has 0 atom stereocenters. The van der Waals surface area contributed by atoms with Crippen LogP contribution < -0.4 is 10.2 Å². The molecular weight excluding hydrogens is 323 g/mol. The zero-order valence-corrected chi connectivity index (χ0v) is 15.6. The van der Waals surface area contributed by atoms with Crippen LogP contribution in [0, 0.1) is 0 Å². The summed E-state index contributed by atoms with van der Waals surface area (Å²) < 4.78 is 23.1. The number of rotatable bonds is 5. The van der Waals surface area contributed by atoms with Gasteiger partial charge in [0.05, 0.1) is 11.2 Å². The molecule has 0 aliphatic carbocycles. The predicted octanol–water partition coefficient (Wildman–Crippen LogP) is 3.70. The topological polar surface area (TPSA) is 36.9 Å². The molecule has 1 aromatic carbocycles. The van der Waals surface area contributed by atoms with E-state index in [0.717, 1.165) is 16.8 Å². The maximum Gasteiger partial charge on any atom is 0.495 e. The minimum atomic E-state index is -0.432. The quantitative estimate of drug-likeness (QED) is 0.611. The second-order valence-corrected chi connectivity index (χ2v) is 7.81. The Morgan fingerprint density at radius 2 is 1.79 bits per heavy atom. The molecule has 0 bridgehead atoms. The lowest BCUT2D eigenvalue weighted by molar-refractivity contribution is 0.00578. The largest absolute Gasteiger partial charge is 0.495 e. The molecule has 0 unspecified atom stereocenters. The number of thiophene rings is 1. The molecule has 1 fully saturated rings. The maximum absolute atomic E-state index is 6.24. The first-order valence-corrected chi connectivity index (χ1v) is 8.87. The fourth-order valence-corrected chi connectivity index (χ4v) is 3.35.